The van der Waals surface area contributed by atoms with Crippen LogP contribution in [0.15, 0.2) is 60.0 Å². The summed E-state index contributed by atoms with van der Waals surface area (Å²) in [6.45, 7) is 2.33. The van der Waals surface area contributed by atoms with Crippen LogP contribution < -0.4 is 10.1 Å². The van der Waals surface area contributed by atoms with Crippen LogP contribution in [0, 0.1) is 0 Å². The molecule has 4 heterocycles. The summed E-state index contributed by atoms with van der Waals surface area (Å²) < 4.78 is 7.97. The Morgan fingerprint density at radius 2 is 2.19 bits per heavy atom. The topological polar surface area (TPSA) is 67.0 Å². The molecule has 27 heavy (non-hydrogen) atoms. The van der Waals surface area contributed by atoms with Gasteiger partial charge in [-0.3, -0.25) is 4.99 Å². The van der Waals surface area contributed by atoms with Gasteiger partial charge in [-0.25, -0.2) is 9.97 Å². The first-order valence-electron chi connectivity index (χ1n) is 8.78. The van der Waals surface area contributed by atoms with E-state index in [1.165, 1.54) is 0 Å². The van der Waals surface area contributed by atoms with E-state index in [2.05, 4.69) is 25.2 Å². The van der Waals surface area contributed by atoms with E-state index in [0.717, 1.165) is 36.8 Å². The van der Waals surface area contributed by atoms with Crippen molar-refractivity contribution in [3.63, 3.8) is 0 Å². The first-order chi connectivity index (χ1) is 12.8. The molecule has 3 aromatic heterocycles. The van der Waals surface area contributed by atoms with Crippen molar-refractivity contribution in [3.05, 3.63) is 60.7 Å². The number of aromatic nitrogens is 3. The zero-order chi connectivity index (χ0) is 17.8. The predicted molar refractivity (Wildman–Crippen MR) is 116 cm³/mol. The molecule has 1 saturated heterocycles. The van der Waals surface area contributed by atoms with Gasteiger partial charge in [0, 0.05) is 44.7 Å². The van der Waals surface area contributed by atoms with E-state index in [9.17, 15) is 0 Å². The molecule has 0 aliphatic carbocycles. The molecule has 1 atom stereocenters. The second kappa shape index (κ2) is 9.03. The van der Waals surface area contributed by atoms with Gasteiger partial charge in [0.15, 0.2) is 5.96 Å². The number of rotatable bonds is 4. The van der Waals surface area contributed by atoms with Crippen molar-refractivity contribution in [2.24, 2.45) is 4.99 Å². The number of pyridine rings is 2. The standard InChI is InChI=1S/C19H22N6O.HI/c1-20-19(22-12-15-13-24-10-5-3-6-17(24)23-15)25-11-8-16(14-25)26-18-7-2-4-9-21-18;/h2-7,9-10,13,16H,8,11-12,14H2,1H3,(H,20,22);1H. The molecule has 142 valence electrons. The average Bonchev–Trinajstić information content (AvgIpc) is 3.30. The maximum absolute atomic E-state index is 5.95. The average molecular weight is 478 g/mol. The monoisotopic (exact) mass is 478 g/mol. The molecular formula is C19H23IN6O. The lowest BCUT2D eigenvalue weighted by Gasteiger charge is -2.21. The Bertz CT molecular complexity index is 864. The van der Waals surface area contributed by atoms with E-state index in [1.54, 1.807) is 13.2 Å². The van der Waals surface area contributed by atoms with Crippen LogP contribution in [0.1, 0.15) is 12.1 Å². The number of nitrogens with zero attached hydrogens (tertiary/aromatic N) is 5. The minimum Gasteiger partial charge on any atom is -0.472 e. The molecule has 1 unspecified atom stereocenters. The highest BCUT2D eigenvalue weighted by atomic mass is 127. The van der Waals surface area contributed by atoms with Crippen molar-refractivity contribution in [2.45, 2.75) is 19.1 Å². The number of hydrogen-bond acceptors (Lipinski definition) is 4. The van der Waals surface area contributed by atoms with Crippen LogP contribution in [0.5, 0.6) is 5.88 Å². The third kappa shape index (κ3) is 4.68. The van der Waals surface area contributed by atoms with Crippen molar-refractivity contribution in [1.82, 2.24) is 24.6 Å². The number of halogens is 1. The summed E-state index contributed by atoms with van der Waals surface area (Å²) in [7, 11) is 1.80. The largest absolute Gasteiger partial charge is 0.472 e. The molecule has 7 nitrogen and oxygen atoms in total. The summed E-state index contributed by atoms with van der Waals surface area (Å²) >= 11 is 0. The molecule has 1 N–H and O–H groups in total. The van der Waals surface area contributed by atoms with Crippen molar-refractivity contribution in [3.8, 4) is 5.88 Å². The van der Waals surface area contributed by atoms with Crippen LogP contribution in [0.2, 0.25) is 0 Å². The lowest BCUT2D eigenvalue weighted by atomic mass is 10.3. The van der Waals surface area contributed by atoms with Crippen LogP contribution >= 0.6 is 24.0 Å². The molecule has 0 amide bonds. The van der Waals surface area contributed by atoms with E-state index in [0.29, 0.717) is 12.4 Å². The number of guanidine groups is 1. The molecule has 4 rings (SSSR count). The molecular weight excluding hydrogens is 455 g/mol. The summed E-state index contributed by atoms with van der Waals surface area (Å²) in [4.78, 5) is 15.5. The van der Waals surface area contributed by atoms with Crippen molar-refractivity contribution >= 4 is 35.6 Å². The van der Waals surface area contributed by atoms with E-state index in [-0.39, 0.29) is 30.1 Å². The Kier molecular flexibility index (Phi) is 6.49. The Morgan fingerprint density at radius 3 is 2.96 bits per heavy atom. The zero-order valence-corrected chi connectivity index (χ0v) is 17.5. The van der Waals surface area contributed by atoms with Crippen molar-refractivity contribution in [1.29, 1.82) is 0 Å². The highest BCUT2D eigenvalue weighted by Gasteiger charge is 2.26. The van der Waals surface area contributed by atoms with Gasteiger partial charge in [0.25, 0.3) is 0 Å². The summed E-state index contributed by atoms with van der Waals surface area (Å²) in [6.07, 6.45) is 6.86. The van der Waals surface area contributed by atoms with Crippen LogP contribution in [0.4, 0.5) is 0 Å². The van der Waals surface area contributed by atoms with Gasteiger partial charge in [0.1, 0.15) is 11.8 Å². The number of imidazole rings is 1. The van der Waals surface area contributed by atoms with E-state index < -0.39 is 0 Å². The minimum absolute atomic E-state index is 0. The molecule has 0 bridgehead atoms. The Hall–Kier alpha value is -2.36. The smallest absolute Gasteiger partial charge is 0.213 e. The molecule has 0 aromatic carbocycles. The molecule has 1 aliphatic rings. The lowest BCUT2D eigenvalue weighted by molar-refractivity contribution is 0.205. The van der Waals surface area contributed by atoms with Crippen LogP contribution in [-0.4, -0.2) is 51.5 Å². The van der Waals surface area contributed by atoms with E-state index in [4.69, 9.17) is 4.74 Å². The fourth-order valence-electron chi connectivity index (χ4n) is 3.18. The molecule has 0 radical (unpaired) electrons. The van der Waals surface area contributed by atoms with Crippen molar-refractivity contribution in [2.75, 3.05) is 20.1 Å². The highest BCUT2D eigenvalue weighted by Crippen LogP contribution is 2.16. The van der Waals surface area contributed by atoms with Gasteiger partial charge in [-0.2, -0.15) is 0 Å². The van der Waals surface area contributed by atoms with Gasteiger partial charge in [-0.05, 0) is 18.2 Å². The van der Waals surface area contributed by atoms with Gasteiger partial charge in [-0.1, -0.05) is 12.1 Å². The normalized spacial score (nSPS) is 17.0. The van der Waals surface area contributed by atoms with Crippen LogP contribution in [0.3, 0.4) is 0 Å². The van der Waals surface area contributed by atoms with Gasteiger partial charge in [-0.15, -0.1) is 24.0 Å². The van der Waals surface area contributed by atoms with Crippen LogP contribution in [-0.2, 0) is 6.54 Å². The second-order valence-corrected chi connectivity index (χ2v) is 6.24. The molecule has 0 saturated carbocycles. The number of aliphatic imine (C=N–C) groups is 1. The van der Waals surface area contributed by atoms with Gasteiger partial charge < -0.3 is 19.4 Å². The lowest BCUT2D eigenvalue weighted by Crippen LogP contribution is -2.40. The first kappa shape index (κ1) is 19.4. The Labute approximate surface area is 175 Å². The highest BCUT2D eigenvalue weighted by molar-refractivity contribution is 14.0. The second-order valence-electron chi connectivity index (χ2n) is 6.24. The fraction of sp³-hybridized carbons (Fsp3) is 0.316. The molecule has 3 aromatic rings. The zero-order valence-electron chi connectivity index (χ0n) is 15.2. The Balaban J connectivity index is 0.00000210. The number of likely N-dealkylation sites (tertiary alicyclic amines) is 1. The molecule has 0 spiro atoms. The number of nitrogens with one attached hydrogen (secondary N) is 1. The van der Waals surface area contributed by atoms with Gasteiger partial charge in [0.2, 0.25) is 5.88 Å². The number of hydrogen-bond donors (Lipinski definition) is 1. The van der Waals surface area contributed by atoms with Crippen molar-refractivity contribution < 1.29 is 4.74 Å². The summed E-state index contributed by atoms with van der Waals surface area (Å²) in [5, 5.41) is 3.40. The minimum atomic E-state index is 0. The maximum Gasteiger partial charge on any atom is 0.213 e. The van der Waals surface area contributed by atoms with E-state index >= 15 is 0 Å². The molecule has 1 aliphatic heterocycles. The third-order valence-corrected chi connectivity index (χ3v) is 4.42. The summed E-state index contributed by atoms with van der Waals surface area (Å²) in [5.41, 5.74) is 1.93. The number of ether oxygens (including phenoxy) is 1. The first-order valence-corrected chi connectivity index (χ1v) is 8.78. The maximum atomic E-state index is 5.95. The molecule has 1 fully saturated rings. The molecule has 8 heteroatoms. The number of fused-ring (bicyclic) bond motifs is 1. The third-order valence-electron chi connectivity index (χ3n) is 4.42. The van der Waals surface area contributed by atoms with Crippen LogP contribution in [0.25, 0.3) is 5.65 Å². The summed E-state index contributed by atoms with van der Waals surface area (Å²) in [6, 6.07) is 11.7. The SMILES string of the molecule is CN=C(NCc1cn2ccccc2n1)N1CCC(Oc2ccccn2)C1.I. The van der Waals surface area contributed by atoms with Gasteiger partial charge >= 0.3 is 0 Å². The van der Waals surface area contributed by atoms with E-state index in [1.807, 2.05) is 53.2 Å². The predicted octanol–water partition coefficient (Wildman–Crippen LogP) is 2.58. The van der Waals surface area contributed by atoms with Gasteiger partial charge in [0.05, 0.1) is 18.8 Å². The Morgan fingerprint density at radius 1 is 1.30 bits per heavy atom. The fourth-order valence-corrected chi connectivity index (χ4v) is 3.18. The quantitative estimate of drug-likeness (QED) is 0.355. The summed E-state index contributed by atoms with van der Waals surface area (Å²) in [5.74, 6) is 1.54.